The summed E-state index contributed by atoms with van der Waals surface area (Å²) in [4.78, 5) is 0.196. The zero-order valence-corrected chi connectivity index (χ0v) is 13.9. The lowest BCUT2D eigenvalue weighted by molar-refractivity contribution is 0.299. The number of rotatable bonds is 5. The maximum atomic E-state index is 12.3. The van der Waals surface area contributed by atoms with Crippen LogP contribution in [0.1, 0.15) is 11.1 Å². The van der Waals surface area contributed by atoms with E-state index in [-0.39, 0.29) is 11.5 Å². The Hall–Kier alpha value is -1.37. The van der Waals surface area contributed by atoms with E-state index in [0.717, 1.165) is 15.6 Å². The van der Waals surface area contributed by atoms with E-state index in [1.54, 1.807) is 24.3 Å². The fourth-order valence-corrected chi connectivity index (χ4v) is 3.62. The first kappa shape index (κ1) is 16.0. The Morgan fingerprint density at radius 3 is 2.38 bits per heavy atom. The molecule has 0 amide bonds. The number of hydrogen-bond acceptors (Lipinski definition) is 3. The molecule has 0 spiro atoms. The molecule has 0 unspecified atom stereocenters. The fourth-order valence-electron chi connectivity index (χ4n) is 1.97. The Labute approximate surface area is 133 Å². The van der Waals surface area contributed by atoms with Crippen LogP contribution < -0.4 is 4.72 Å². The molecule has 6 heteroatoms. The topological polar surface area (TPSA) is 66.4 Å². The Bertz CT molecular complexity index is 707. The maximum Gasteiger partial charge on any atom is 0.261 e. The number of anilines is 1. The Morgan fingerprint density at radius 1 is 1.14 bits per heavy atom. The summed E-state index contributed by atoms with van der Waals surface area (Å²) in [5.41, 5.74) is 2.37. The van der Waals surface area contributed by atoms with Gasteiger partial charge >= 0.3 is 0 Å². The van der Waals surface area contributed by atoms with E-state index in [0.29, 0.717) is 12.1 Å². The van der Waals surface area contributed by atoms with Crippen molar-refractivity contribution in [3.63, 3.8) is 0 Å². The van der Waals surface area contributed by atoms with Crippen LogP contribution in [-0.4, -0.2) is 20.1 Å². The number of nitrogens with one attached hydrogen (secondary N) is 1. The van der Waals surface area contributed by atoms with E-state index in [4.69, 9.17) is 5.11 Å². The van der Waals surface area contributed by atoms with Gasteiger partial charge in [0.05, 0.1) is 10.6 Å². The van der Waals surface area contributed by atoms with E-state index < -0.39 is 10.0 Å². The Balaban J connectivity index is 2.25. The molecule has 0 heterocycles. The highest BCUT2D eigenvalue weighted by Crippen LogP contribution is 2.22. The zero-order chi connectivity index (χ0) is 15.5. The largest absolute Gasteiger partial charge is 0.396 e. The highest BCUT2D eigenvalue weighted by molar-refractivity contribution is 9.10. The fraction of sp³-hybridized carbons (Fsp3) is 0.200. The first-order valence-electron chi connectivity index (χ1n) is 6.40. The summed E-state index contributed by atoms with van der Waals surface area (Å²) in [6.07, 6.45) is 0.512. The van der Waals surface area contributed by atoms with E-state index in [1.807, 2.05) is 13.0 Å². The number of halogens is 1. The van der Waals surface area contributed by atoms with Gasteiger partial charge in [-0.15, -0.1) is 0 Å². The molecule has 0 radical (unpaired) electrons. The smallest absolute Gasteiger partial charge is 0.261 e. The third-order valence-corrected chi connectivity index (χ3v) is 4.78. The van der Waals surface area contributed by atoms with Crippen LogP contribution in [0.25, 0.3) is 0 Å². The normalized spacial score (nSPS) is 11.4. The van der Waals surface area contributed by atoms with Crippen molar-refractivity contribution in [2.75, 3.05) is 11.3 Å². The predicted octanol–water partition coefficient (Wildman–Crippen LogP) is 3.09. The van der Waals surface area contributed by atoms with E-state index in [2.05, 4.69) is 20.7 Å². The molecule has 2 rings (SSSR count). The molecular weight excluding hydrogens is 354 g/mol. The van der Waals surface area contributed by atoms with Crippen LogP contribution in [0, 0.1) is 6.92 Å². The molecule has 0 aromatic heterocycles. The van der Waals surface area contributed by atoms with Crippen molar-refractivity contribution in [1.82, 2.24) is 0 Å². The summed E-state index contributed by atoms with van der Waals surface area (Å²) >= 11 is 3.35. The second kappa shape index (κ2) is 6.60. The Kier molecular flexibility index (Phi) is 5.03. The zero-order valence-electron chi connectivity index (χ0n) is 11.5. The van der Waals surface area contributed by atoms with Crippen molar-refractivity contribution in [2.45, 2.75) is 18.2 Å². The molecule has 0 aliphatic rings. The van der Waals surface area contributed by atoms with Crippen molar-refractivity contribution in [1.29, 1.82) is 0 Å². The first-order chi connectivity index (χ1) is 9.90. The van der Waals surface area contributed by atoms with Crippen LogP contribution in [0.5, 0.6) is 0 Å². The van der Waals surface area contributed by atoms with Gasteiger partial charge in [0, 0.05) is 11.1 Å². The molecule has 0 fully saturated rings. The summed E-state index contributed by atoms with van der Waals surface area (Å²) in [5, 5.41) is 8.86. The standard InChI is InChI=1S/C15H16BrNO3S/c1-11-8-13(16)10-14(9-11)17-21(19,20)15-4-2-12(3-5-15)6-7-18/h2-5,8-10,17-18H,6-7H2,1H3. The molecule has 0 aliphatic carbocycles. The SMILES string of the molecule is Cc1cc(Br)cc(NS(=O)(=O)c2ccc(CCO)cc2)c1. The van der Waals surface area contributed by atoms with Crippen LogP contribution in [0.15, 0.2) is 51.8 Å². The molecule has 2 aromatic rings. The summed E-state index contributed by atoms with van der Waals surface area (Å²) in [5.74, 6) is 0. The van der Waals surface area contributed by atoms with Gasteiger partial charge < -0.3 is 5.11 Å². The third-order valence-electron chi connectivity index (χ3n) is 2.93. The van der Waals surface area contributed by atoms with Crippen LogP contribution in [0.4, 0.5) is 5.69 Å². The molecule has 0 aliphatic heterocycles. The van der Waals surface area contributed by atoms with Crippen molar-refractivity contribution >= 4 is 31.6 Å². The average Bonchev–Trinajstić information content (AvgIpc) is 2.38. The maximum absolute atomic E-state index is 12.3. The Morgan fingerprint density at radius 2 is 1.81 bits per heavy atom. The number of aliphatic hydroxyl groups is 1. The molecule has 0 bridgehead atoms. The monoisotopic (exact) mass is 369 g/mol. The van der Waals surface area contributed by atoms with Gasteiger partial charge in [-0.05, 0) is 54.8 Å². The summed E-state index contributed by atoms with van der Waals surface area (Å²) in [6, 6.07) is 11.9. The van der Waals surface area contributed by atoms with E-state index >= 15 is 0 Å². The minimum absolute atomic E-state index is 0.0433. The van der Waals surface area contributed by atoms with Gasteiger partial charge in [-0.1, -0.05) is 28.1 Å². The van der Waals surface area contributed by atoms with Gasteiger partial charge in [-0.25, -0.2) is 8.42 Å². The number of sulfonamides is 1. The lowest BCUT2D eigenvalue weighted by Gasteiger charge is -2.10. The second-order valence-electron chi connectivity index (χ2n) is 4.74. The molecule has 0 saturated heterocycles. The van der Waals surface area contributed by atoms with Crippen LogP contribution in [0.3, 0.4) is 0 Å². The highest BCUT2D eigenvalue weighted by atomic mass is 79.9. The molecule has 0 saturated carbocycles. The first-order valence-corrected chi connectivity index (χ1v) is 8.68. The molecule has 4 nitrogen and oxygen atoms in total. The van der Waals surface area contributed by atoms with Crippen molar-refractivity contribution in [3.05, 3.63) is 58.1 Å². The molecule has 2 aromatic carbocycles. The molecule has 0 atom stereocenters. The van der Waals surface area contributed by atoms with Crippen LogP contribution >= 0.6 is 15.9 Å². The summed E-state index contributed by atoms with van der Waals surface area (Å²) in [6.45, 7) is 1.94. The third kappa shape index (κ3) is 4.30. The van der Waals surface area contributed by atoms with Gasteiger partial charge in [-0.3, -0.25) is 4.72 Å². The second-order valence-corrected chi connectivity index (χ2v) is 7.34. The van der Waals surface area contributed by atoms with Crippen molar-refractivity contribution in [2.24, 2.45) is 0 Å². The minimum Gasteiger partial charge on any atom is -0.396 e. The minimum atomic E-state index is -3.61. The quantitative estimate of drug-likeness (QED) is 0.850. The average molecular weight is 370 g/mol. The van der Waals surface area contributed by atoms with Gasteiger partial charge in [-0.2, -0.15) is 0 Å². The highest BCUT2D eigenvalue weighted by Gasteiger charge is 2.14. The molecule has 21 heavy (non-hydrogen) atoms. The van der Waals surface area contributed by atoms with Gasteiger partial charge in [0.15, 0.2) is 0 Å². The van der Waals surface area contributed by atoms with Crippen LogP contribution in [-0.2, 0) is 16.4 Å². The van der Waals surface area contributed by atoms with Gasteiger partial charge in [0.1, 0.15) is 0 Å². The van der Waals surface area contributed by atoms with Gasteiger partial charge in [0.2, 0.25) is 0 Å². The summed E-state index contributed by atoms with van der Waals surface area (Å²) in [7, 11) is -3.61. The lowest BCUT2D eigenvalue weighted by Crippen LogP contribution is -2.13. The lowest BCUT2D eigenvalue weighted by atomic mass is 10.2. The van der Waals surface area contributed by atoms with Crippen molar-refractivity contribution in [3.8, 4) is 0 Å². The molecular formula is C15H16BrNO3S. The number of aliphatic hydroxyl groups excluding tert-OH is 1. The predicted molar refractivity (Wildman–Crippen MR) is 86.9 cm³/mol. The number of hydrogen-bond donors (Lipinski definition) is 2. The van der Waals surface area contributed by atoms with E-state index in [1.165, 1.54) is 12.1 Å². The molecule has 2 N–H and O–H groups in total. The van der Waals surface area contributed by atoms with Crippen LogP contribution in [0.2, 0.25) is 0 Å². The number of aryl methyl sites for hydroxylation is 1. The summed E-state index contributed by atoms with van der Waals surface area (Å²) < 4.78 is 28.0. The molecule has 112 valence electrons. The van der Waals surface area contributed by atoms with E-state index in [9.17, 15) is 8.42 Å². The number of benzene rings is 2. The van der Waals surface area contributed by atoms with Crippen molar-refractivity contribution < 1.29 is 13.5 Å². The van der Waals surface area contributed by atoms with Gasteiger partial charge in [0.25, 0.3) is 10.0 Å².